The van der Waals surface area contributed by atoms with E-state index in [-0.39, 0.29) is 0 Å². The van der Waals surface area contributed by atoms with Crippen molar-refractivity contribution in [1.29, 1.82) is 0 Å². The summed E-state index contributed by atoms with van der Waals surface area (Å²) in [4.78, 5) is 13.8. The molecule has 0 fully saturated rings. The zero-order chi connectivity index (χ0) is 59.4. The molecule has 17 rings (SSSR count). The van der Waals surface area contributed by atoms with Crippen LogP contribution in [0, 0.1) is 6.92 Å². The second kappa shape index (κ2) is 20.6. The number of benzene rings is 13. The molecule has 13 aromatic rings. The highest BCUT2D eigenvalue weighted by Gasteiger charge is 2.54. The van der Waals surface area contributed by atoms with Gasteiger partial charge in [0.25, 0.3) is 0 Å². The maximum absolute atomic E-state index is 18.5. The summed E-state index contributed by atoms with van der Waals surface area (Å²) in [5, 5.41) is 4.06. The summed E-state index contributed by atoms with van der Waals surface area (Å²) < 4.78 is 37.0. The predicted octanol–water partition coefficient (Wildman–Crippen LogP) is 19.3. The molecule has 2 unspecified atom stereocenters. The molecule has 0 aromatic heterocycles. The Morgan fingerprint density at radius 1 is 0.247 bits per heavy atom. The number of fused-ring (bicyclic) bond motifs is 8. The van der Waals surface area contributed by atoms with Crippen LogP contribution in [-0.4, -0.2) is 0 Å². The van der Waals surface area contributed by atoms with Crippen molar-refractivity contribution < 1.29 is 9.13 Å². The van der Waals surface area contributed by atoms with Gasteiger partial charge >= 0.3 is 0 Å². The van der Waals surface area contributed by atoms with Gasteiger partial charge in [-0.2, -0.15) is 0 Å². The fourth-order valence-electron chi connectivity index (χ4n) is 14.1. The summed E-state index contributed by atoms with van der Waals surface area (Å²) in [5.74, 6) is 0. The first-order valence-corrected chi connectivity index (χ1v) is 33.5. The average molecular weight is 1180 g/mol. The van der Waals surface area contributed by atoms with E-state index in [0.717, 1.165) is 108 Å². The van der Waals surface area contributed by atoms with E-state index in [1.807, 2.05) is 60.7 Å². The zero-order valence-corrected chi connectivity index (χ0v) is 50.3. The predicted molar refractivity (Wildman–Crippen MR) is 372 cm³/mol. The van der Waals surface area contributed by atoms with Gasteiger partial charge in [0.2, 0.25) is 0 Å². The van der Waals surface area contributed by atoms with Crippen molar-refractivity contribution >= 4 is 148 Å². The minimum atomic E-state index is -4.01. The van der Waals surface area contributed by atoms with Crippen LogP contribution in [-0.2, 0) is 9.13 Å². The molecule has 0 spiro atoms. The van der Waals surface area contributed by atoms with Crippen molar-refractivity contribution in [3.05, 3.63) is 327 Å². The zero-order valence-electron chi connectivity index (χ0n) is 48.5. The number of nitrogens with zero attached hydrogens (tertiary/aromatic N) is 6. The highest BCUT2D eigenvalue weighted by Crippen LogP contribution is 2.67. The van der Waals surface area contributed by atoms with E-state index in [0.29, 0.717) is 31.8 Å². The fraction of sp³-hybridized carbons (Fsp3) is 0.0127. The normalized spacial score (nSPS) is 16.2. The van der Waals surface area contributed by atoms with E-state index in [4.69, 9.17) is 0 Å². The molecule has 0 N–H and O–H groups in total. The number of anilines is 18. The maximum Gasteiger partial charge on any atom is 0.179 e. The van der Waals surface area contributed by atoms with Crippen LogP contribution in [0.25, 0.3) is 0 Å². The van der Waals surface area contributed by atoms with Crippen molar-refractivity contribution in [2.24, 2.45) is 0 Å². The van der Waals surface area contributed by atoms with Gasteiger partial charge in [0.15, 0.2) is 14.3 Å². The Bertz CT molecular complexity index is 4980. The molecule has 4 heterocycles. The summed E-state index contributed by atoms with van der Waals surface area (Å²) in [6, 6.07) is 112. The van der Waals surface area contributed by atoms with Gasteiger partial charge < -0.3 is 38.5 Å². The van der Waals surface area contributed by atoms with Crippen LogP contribution in [0.4, 0.5) is 102 Å². The van der Waals surface area contributed by atoms with E-state index in [2.05, 4.69) is 297 Å². The van der Waals surface area contributed by atoms with Gasteiger partial charge in [-0.25, -0.2) is 0 Å². The Hall–Kier alpha value is -10.9. The molecule has 0 bridgehead atoms. The van der Waals surface area contributed by atoms with Crippen LogP contribution in [0.5, 0.6) is 0 Å². The molecule has 0 saturated heterocycles. The van der Waals surface area contributed by atoms with Crippen LogP contribution >= 0.6 is 14.3 Å². The number of hydrogen-bond donors (Lipinski definition) is 0. The Labute approximate surface area is 518 Å². The van der Waals surface area contributed by atoms with Gasteiger partial charge in [-0.1, -0.05) is 170 Å². The van der Waals surface area contributed by atoms with E-state index >= 15 is 9.13 Å². The third kappa shape index (κ3) is 7.94. The molecular formula is C79H56N6O2P2. The van der Waals surface area contributed by atoms with Crippen molar-refractivity contribution in [2.75, 3.05) is 29.4 Å². The van der Waals surface area contributed by atoms with Crippen LogP contribution in [0.2, 0.25) is 0 Å². The van der Waals surface area contributed by atoms with Crippen LogP contribution in [0.15, 0.2) is 322 Å². The van der Waals surface area contributed by atoms with Crippen molar-refractivity contribution in [3.8, 4) is 0 Å². The summed E-state index contributed by atoms with van der Waals surface area (Å²) in [6.07, 6.45) is 0. The molecule has 4 aliphatic heterocycles. The van der Waals surface area contributed by atoms with Gasteiger partial charge in [-0.05, 0) is 164 Å². The molecule has 2 atom stereocenters. The number of rotatable bonds is 10. The SMILES string of the molecule is Cc1ccccc1N(c1ccccc1)c1cc2c3c(c1)N(c1ccccc1)c1cc4c(cc1P3(=O)c1ccccc1N2c1ccccc1)P1(=O)c2ccccc2N(c2ccccc2)c2cc(N(c3ccccc3)c3ccccc3)cc(c21)N4c1ccccc1. The van der Waals surface area contributed by atoms with Crippen LogP contribution in [0.1, 0.15) is 5.56 Å². The lowest BCUT2D eigenvalue weighted by Crippen LogP contribution is -2.47. The lowest BCUT2D eigenvalue weighted by Gasteiger charge is -2.48. The molecule has 0 amide bonds. The number of hydrogen-bond acceptors (Lipinski definition) is 8. The summed E-state index contributed by atoms with van der Waals surface area (Å²) in [5.41, 5.74) is 16.7. The molecule has 0 radical (unpaired) electrons. The first-order chi connectivity index (χ1) is 43.9. The molecular weight excluding hydrogens is 1130 g/mol. The average Bonchev–Trinajstić information content (AvgIpc) is 0.686. The summed E-state index contributed by atoms with van der Waals surface area (Å²) in [7, 11) is -8.01. The molecule has 4 aliphatic rings. The minimum Gasteiger partial charge on any atom is -0.310 e. The highest BCUT2D eigenvalue weighted by molar-refractivity contribution is 7.88. The van der Waals surface area contributed by atoms with E-state index < -0.39 is 14.3 Å². The quantitative estimate of drug-likeness (QED) is 0.126. The number of para-hydroxylation sites is 10. The van der Waals surface area contributed by atoms with E-state index in [1.165, 1.54) is 0 Å². The lowest BCUT2D eigenvalue weighted by molar-refractivity contribution is 0.592. The summed E-state index contributed by atoms with van der Waals surface area (Å²) >= 11 is 0. The molecule has 13 aromatic carbocycles. The monoisotopic (exact) mass is 1180 g/mol. The molecule has 89 heavy (non-hydrogen) atoms. The molecule has 0 aliphatic carbocycles. The fourth-order valence-corrected chi connectivity index (χ4v) is 20.8. The Balaban J connectivity index is 1.02. The summed E-state index contributed by atoms with van der Waals surface area (Å²) in [6.45, 7) is 2.16. The van der Waals surface area contributed by atoms with Gasteiger partial charge in [0.1, 0.15) is 0 Å². The Kier molecular flexibility index (Phi) is 12.2. The van der Waals surface area contributed by atoms with Gasteiger partial charge in [-0.15, -0.1) is 0 Å². The first kappa shape index (κ1) is 52.4. The van der Waals surface area contributed by atoms with Crippen molar-refractivity contribution in [3.63, 3.8) is 0 Å². The van der Waals surface area contributed by atoms with Crippen molar-refractivity contribution in [1.82, 2.24) is 0 Å². The Morgan fingerprint density at radius 3 is 0.910 bits per heavy atom. The molecule has 424 valence electrons. The second-order valence-electron chi connectivity index (χ2n) is 22.8. The largest absolute Gasteiger partial charge is 0.310 e. The Morgan fingerprint density at radius 2 is 0.539 bits per heavy atom. The van der Waals surface area contributed by atoms with Crippen molar-refractivity contribution in [2.45, 2.75) is 6.92 Å². The van der Waals surface area contributed by atoms with Gasteiger partial charge in [0, 0.05) is 66.7 Å². The standard InChI is InChI=1S/C79H56N6O2P2/c1-55-29-23-24-44-65(55)81(58-34-13-4-14-35-58)64-51-71-79-73(52-64)85(62-42-21-8-22-43-62)69-53-68-76(54-77(69)89(79,87)75-48-28-26-46-67(75)83(71)60-38-17-6-18-39-60)88(86)74-47-27-25-45-66(74)82(59-36-15-5-16-37-59)70-49-63(50-72(78(70)88)84(68)61-40-19-7-20-41-61)80(56-30-9-2-10-31-56)57-32-11-3-12-33-57/h2-54H,1H3. The third-order valence-corrected chi connectivity index (χ3v) is 24.2. The number of aryl methyl sites for hydroxylation is 1. The molecule has 0 saturated carbocycles. The topological polar surface area (TPSA) is 53.6 Å². The molecule has 8 nitrogen and oxygen atoms in total. The first-order valence-electron chi connectivity index (χ1n) is 30.1. The second-order valence-corrected chi connectivity index (χ2v) is 28.1. The highest BCUT2D eigenvalue weighted by atomic mass is 31.2. The van der Waals surface area contributed by atoms with Gasteiger partial charge in [-0.3, -0.25) is 0 Å². The maximum atomic E-state index is 18.5. The van der Waals surface area contributed by atoms with Crippen LogP contribution in [0.3, 0.4) is 0 Å². The van der Waals surface area contributed by atoms with E-state index in [9.17, 15) is 0 Å². The smallest absolute Gasteiger partial charge is 0.179 e. The molecule has 10 heteroatoms. The van der Waals surface area contributed by atoms with Crippen LogP contribution < -0.4 is 61.2 Å². The van der Waals surface area contributed by atoms with Gasteiger partial charge in [0.05, 0.1) is 67.5 Å². The van der Waals surface area contributed by atoms with E-state index in [1.54, 1.807) is 0 Å². The lowest BCUT2D eigenvalue weighted by atomic mass is 10.1. The third-order valence-electron chi connectivity index (χ3n) is 17.8. The minimum absolute atomic E-state index is 0.618.